The number of aromatic nitrogens is 2. The second kappa shape index (κ2) is 5.76. The lowest BCUT2D eigenvalue weighted by molar-refractivity contribution is -0.142. The molecule has 2 atom stereocenters. The molecule has 2 rings (SSSR count). The van der Waals surface area contributed by atoms with Crippen LogP contribution in [0.3, 0.4) is 0 Å². The van der Waals surface area contributed by atoms with Gasteiger partial charge in [0.2, 0.25) is 10.0 Å². The Morgan fingerprint density at radius 1 is 1.43 bits per heavy atom. The van der Waals surface area contributed by atoms with Gasteiger partial charge in [-0.25, -0.2) is 13.1 Å². The first-order valence-electron chi connectivity index (χ1n) is 6.96. The molecule has 2 unspecified atom stereocenters. The summed E-state index contributed by atoms with van der Waals surface area (Å²) in [5, 5.41) is 13.2. The van der Waals surface area contributed by atoms with Gasteiger partial charge in [-0.3, -0.25) is 9.48 Å². The normalized spacial score (nSPS) is 22.6. The number of carbonyl (C=O) groups is 1. The molecule has 0 spiro atoms. The number of hydrogen-bond acceptors (Lipinski definition) is 4. The fraction of sp³-hybridized carbons (Fsp3) is 0.692. The van der Waals surface area contributed by atoms with Crippen molar-refractivity contribution in [2.75, 3.05) is 6.54 Å². The minimum Gasteiger partial charge on any atom is -0.481 e. The van der Waals surface area contributed by atoms with Crippen LogP contribution in [0.2, 0.25) is 0 Å². The van der Waals surface area contributed by atoms with Gasteiger partial charge in [-0.2, -0.15) is 5.10 Å². The first-order valence-corrected chi connectivity index (χ1v) is 8.45. The van der Waals surface area contributed by atoms with E-state index in [4.69, 9.17) is 5.11 Å². The fourth-order valence-corrected chi connectivity index (χ4v) is 4.57. The van der Waals surface area contributed by atoms with Gasteiger partial charge in [0.15, 0.2) is 0 Å². The van der Waals surface area contributed by atoms with E-state index in [1.807, 2.05) is 0 Å². The Kier molecular flexibility index (Phi) is 4.38. The van der Waals surface area contributed by atoms with Gasteiger partial charge in [-0.05, 0) is 32.6 Å². The molecule has 0 saturated heterocycles. The molecule has 1 aliphatic carbocycles. The predicted octanol–water partition coefficient (Wildman–Crippen LogP) is 0.816. The number of aryl methyl sites for hydroxylation is 2. The van der Waals surface area contributed by atoms with Gasteiger partial charge < -0.3 is 5.11 Å². The third-order valence-electron chi connectivity index (χ3n) is 4.22. The molecule has 8 heteroatoms. The quantitative estimate of drug-likeness (QED) is 0.837. The van der Waals surface area contributed by atoms with E-state index in [2.05, 4.69) is 9.82 Å². The summed E-state index contributed by atoms with van der Waals surface area (Å²) in [6.07, 6.45) is 2.19. The Bertz CT molecular complexity index is 651. The molecule has 21 heavy (non-hydrogen) atoms. The maximum atomic E-state index is 12.4. The van der Waals surface area contributed by atoms with Crippen molar-refractivity contribution in [2.45, 2.75) is 38.0 Å². The van der Waals surface area contributed by atoms with Crippen molar-refractivity contribution in [2.24, 2.45) is 18.9 Å². The number of hydrogen-bond donors (Lipinski definition) is 2. The minimum atomic E-state index is -3.66. The Hall–Kier alpha value is -1.41. The summed E-state index contributed by atoms with van der Waals surface area (Å²) in [4.78, 5) is 11.3. The summed E-state index contributed by atoms with van der Waals surface area (Å²) >= 11 is 0. The van der Waals surface area contributed by atoms with E-state index in [0.29, 0.717) is 17.8 Å². The Morgan fingerprint density at radius 3 is 2.62 bits per heavy atom. The van der Waals surface area contributed by atoms with Crippen LogP contribution < -0.4 is 4.72 Å². The fourth-order valence-electron chi connectivity index (χ4n) is 3.04. The average molecular weight is 315 g/mol. The van der Waals surface area contributed by atoms with Gasteiger partial charge >= 0.3 is 5.97 Å². The molecule has 1 aliphatic rings. The third-order valence-corrected chi connectivity index (χ3v) is 5.90. The predicted molar refractivity (Wildman–Crippen MR) is 76.3 cm³/mol. The van der Waals surface area contributed by atoms with Gasteiger partial charge in [-0.1, -0.05) is 6.42 Å². The van der Waals surface area contributed by atoms with Gasteiger partial charge in [-0.15, -0.1) is 0 Å². The van der Waals surface area contributed by atoms with Crippen molar-refractivity contribution < 1.29 is 18.3 Å². The number of rotatable bonds is 5. The van der Waals surface area contributed by atoms with Crippen LogP contribution >= 0.6 is 0 Å². The zero-order chi connectivity index (χ0) is 15.8. The second-order valence-electron chi connectivity index (χ2n) is 5.61. The van der Waals surface area contributed by atoms with Crippen LogP contribution in [0.5, 0.6) is 0 Å². The first kappa shape index (κ1) is 16.0. The van der Waals surface area contributed by atoms with E-state index in [1.165, 1.54) is 4.68 Å². The monoisotopic (exact) mass is 315 g/mol. The highest BCUT2D eigenvalue weighted by Crippen LogP contribution is 2.31. The molecule has 1 heterocycles. The molecule has 118 valence electrons. The van der Waals surface area contributed by atoms with Gasteiger partial charge in [0, 0.05) is 13.6 Å². The van der Waals surface area contributed by atoms with Crippen LogP contribution in [0.25, 0.3) is 0 Å². The number of carboxylic acid groups (broad SMARTS) is 1. The van der Waals surface area contributed by atoms with Crippen LogP contribution in [0.1, 0.15) is 30.7 Å². The molecule has 1 fully saturated rings. The maximum absolute atomic E-state index is 12.4. The molecule has 0 radical (unpaired) electrons. The van der Waals surface area contributed by atoms with Gasteiger partial charge in [0.05, 0.1) is 17.3 Å². The molecule has 2 N–H and O–H groups in total. The van der Waals surface area contributed by atoms with Crippen LogP contribution in [0, 0.1) is 25.7 Å². The lowest BCUT2D eigenvalue weighted by atomic mass is 9.97. The summed E-state index contributed by atoms with van der Waals surface area (Å²) in [6.45, 7) is 3.51. The van der Waals surface area contributed by atoms with E-state index in [-0.39, 0.29) is 17.4 Å². The minimum absolute atomic E-state index is 0.144. The molecule has 7 nitrogen and oxygen atoms in total. The van der Waals surface area contributed by atoms with E-state index >= 15 is 0 Å². The number of nitrogens with zero attached hydrogens (tertiary/aromatic N) is 2. The van der Waals surface area contributed by atoms with Crippen molar-refractivity contribution in [1.82, 2.24) is 14.5 Å². The maximum Gasteiger partial charge on any atom is 0.306 e. The third kappa shape index (κ3) is 3.11. The largest absolute Gasteiger partial charge is 0.481 e. The number of aliphatic carboxylic acids is 1. The van der Waals surface area contributed by atoms with E-state index in [0.717, 1.165) is 12.8 Å². The second-order valence-corrected chi connectivity index (χ2v) is 7.31. The van der Waals surface area contributed by atoms with E-state index in [1.54, 1.807) is 20.9 Å². The first-order chi connectivity index (χ1) is 9.74. The van der Waals surface area contributed by atoms with Crippen LogP contribution in [0.15, 0.2) is 4.90 Å². The van der Waals surface area contributed by atoms with E-state index in [9.17, 15) is 13.2 Å². The summed E-state index contributed by atoms with van der Waals surface area (Å²) in [5.74, 6) is -1.44. The number of carboxylic acids is 1. The number of nitrogens with one attached hydrogen (secondary N) is 1. The molecule has 0 amide bonds. The highest BCUT2D eigenvalue weighted by atomic mass is 32.2. The van der Waals surface area contributed by atoms with Crippen molar-refractivity contribution >= 4 is 16.0 Å². The lowest BCUT2D eigenvalue weighted by Crippen LogP contribution is -2.33. The molecule has 1 aromatic heterocycles. The van der Waals surface area contributed by atoms with Crippen molar-refractivity contribution in [3.8, 4) is 0 Å². The number of sulfonamides is 1. The Morgan fingerprint density at radius 2 is 2.10 bits per heavy atom. The molecular weight excluding hydrogens is 294 g/mol. The Labute approximate surface area is 124 Å². The summed E-state index contributed by atoms with van der Waals surface area (Å²) < 4.78 is 28.9. The van der Waals surface area contributed by atoms with Crippen molar-refractivity contribution in [3.63, 3.8) is 0 Å². The van der Waals surface area contributed by atoms with Crippen LogP contribution in [0.4, 0.5) is 0 Å². The summed E-state index contributed by atoms with van der Waals surface area (Å²) in [6, 6.07) is 0. The molecule has 0 bridgehead atoms. The smallest absolute Gasteiger partial charge is 0.306 e. The summed E-state index contributed by atoms with van der Waals surface area (Å²) in [5.41, 5.74) is 1.02. The van der Waals surface area contributed by atoms with Crippen LogP contribution in [-0.4, -0.2) is 35.8 Å². The highest BCUT2D eigenvalue weighted by Gasteiger charge is 2.34. The average Bonchev–Trinajstić information content (AvgIpc) is 2.93. The standard InChI is InChI=1S/C13H21N3O4S/c1-8-12(9(2)16(3)15-8)21(19,20)14-7-10-5-4-6-11(10)13(17)18/h10-11,14H,4-7H2,1-3H3,(H,17,18). The van der Waals surface area contributed by atoms with Gasteiger partial charge in [0.25, 0.3) is 0 Å². The van der Waals surface area contributed by atoms with Crippen LogP contribution in [-0.2, 0) is 21.9 Å². The van der Waals surface area contributed by atoms with Crippen molar-refractivity contribution in [3.05, 3.63) is 11.4 Å². The molecule has 0 aromatic carbocycles. The lowest BCUT2D eigenvalue weighted by Gasteiger charge is -2.16. The molecule has 1 aromatic rings. The van der Waals surface area contributed by atoms with E-state index < -0.39 is 21.9 Å². The Balaban J connectivity index is 2.13. The zero-order valence-corrected chi connectivity index (χ0v) is 13.3. The molecule has 1 saturated carbocycles. The zero-order valence-electron chi connectivity index (χ0n) is 12.5. The van der Waals surface area contributed by atoms with Crippen molar-refractivity contribution in [1.29, 1.82) is 0 Å². The summed E-state index contributed by atoms with van der Waals surface area (Å²) in [7, 11) is -1.97. The topological polar surface area (TPSA) is 101 Å². The van der Waals surface area contributed by atoms with Gasteiger partial charge in [0.1, 0.15) is 4.90 Å². The SMILES string of the molecule is Cc1nn(C)c(C)c1S(=O)(=O)NCC1CCCC1C(=O)O. The molecule has 0 aliphatic heterocycles. The highest BCUT2D eigenvalue weighted by molar-refractivity contribution is 7.89. The molecular formula is C13H21N3O4S.